The number of amides is 1. The standard InChI is InChI=1S/C15H16N2O2/c16-14(11-4-2-1-3-5-11)10-15(19)17-12-6-8-13(18)9-7-12/h1-9,14,18H,10,16H2,(H,17,19). The summed E-state index contributed by atoms with van der Waals surface area (Å²) in [5.74, 6) is 0.0148. The molecular weight excluding hydrogens is 240 g/mol. The van der Waals surface area contributed by atoms with E-state index in [0.29, 0.717) is 5.69 Å². The molecule has 0 aliphatic carbocycles. The Labute approximate surface area is 111 Å². The molecule has 0 saturated heterocycles. The van der Waals surface area contributed by atoms with E-state index in [9.17, 15) is 4.79 Å². The summed E-state index contributed by atoms with van der Waals surface area (Å²) in [6.07, 6.45) is 0.213. The summed E-state index contributed by atoms with van der Waals surface area (Å²) in [5, 5.41) is 11.9. The van der Waals surface area contributed by atoms with Gasteiger partial charge in [0.2, 0.25) is 5.91 Å². The molecule has 0 aliphatic heterocycles. The Kier molecular flexibility index (Phi) is 4.15. The number of nitrogens with one attached hydrogen (secondary N) is 1. The van der Waals surface area contributed by atoms with Crippen molar-refractivity contribution in [2.75, 3.05) is 5.32 Å². The van der Waals surface area contributed by atoms with Crippen LogP contribution in [0.2, 0.25) is 0 Å². The third-order valence-electron chi connectivity index (χ3n) is 2.78. The lowest BCUT2D eigenvalue weighted by molar-refractivity contribution is -0.116. The van der Waals surface area contributed by atoms with Crippen LogP contribution in [0.1, 0.15) is 18.0 Å². The fourth-order valence-corrected chi connectivity index (χ4v) is 1.77. The van der Waals surface area contributed by atoms with Crippen molar-refractivity contribution in [3.05, 3.63) is 60.2 Å². The number of phenols is 1. The predicted octanol–water partition coefficient (Wildman–Crippen LogP) is 2.42. The van der Waals surface area contributed by atoms with Crippen molar-refractivity contribution in [2.45, 2.75) is 12.5 Å². The zero-order valence-corrected chi connectivity index (χ0v) is 10.4. The van der Waals surface area contributed by atoms with Crippen LogP contribution in [0.4, 0.5) is 5.69 Å². The van der Waals surface area contributed by atoms with Crippen molar-refractivity contribution in [2.24, 2.45) is 5.73 Å². The summed E-state index contributed by atoms with van der Waals surface area (Å²) in [5.41, 5.74) is 7.55. The van der Waals surface area contributed by atoms with Crippen molar-refractivity contribution >= 4 is 11.6 Å². The number of hydrogen-bond donors (Lipinski definition) is 3. The highest BCUT2D eigenvalue weighted by atomic mass is 16.3. The lowest BCUT2D eigenvalue weighted by Crippen LogP contribution is -2.20. The highest BCUT2D eigenvalue weighted by molar-refractivity contribution is 5.91. The van der Waals surface area contributed by atoms with Gasteiger partial charge in [-0.2, -0.15) is 0 Å². The Morgan fingerprint density at radius 3 is 2.37 bits per heavy atom. The highest BCUT2D eigenvalue weighted by Crippen LogP contribution is 2.17. The zero-order valence-electron chi connectivity index (χ0n) is 10.4. The molecule has 0 radical (unpaired) electrons. The first-order chi connectivity index (χ1) is 9.15. The van der Waals surface area contributed by atoms with Crippen LogP contribution < -0.4 is 11.1 Å². The van der Waals surface area contributed by atoms with Crippen molar-refractivity contribution in [3.63, 3.8) is 0 Å². The first-order valence-electron chi connectivity index (χ1n) is 6.04. The third kappa shape index (κ3) is 3.82. The van der Waals surface area contributed by atoms with Crippen molar-refractivity contribution < 1.29 is 9.90 Å². The maximum Gasteiger partial charge on any atom is 0.226 e. The molecule has 1 unspecified atom stereocenters. The second-order valence-corrected chi connectivity index (χ2v) is 4.32. The Balaban J connectivity index is 1.93. The minimum atomic E-state index is -0.321. The van der Waals surface area contributed by atoms with Crippen LogP contribution in [-0.2, 0) is 4.79 Å². The van der Waals surface area contributed by atoms with E-state index in [1.165, 1.54) is 12.1 Å². The average molecular weight is 256 g/mol. The van der Waals surface area contributed by atoms with E-state index >= 15 is 0 Å². The second-order valence-electron chi connectivity index (χ2n) is 4.32. The summed E-state index contributed by atoms with van der Waals surface area (Å²) < 4.78 is 0. The molecule has 0 aromatic heterocycles. The number of aromatic hydroxyl groups is 1. The van der Waals surface area contributed by atoms with E-state index in [4.69, 9.17) is 10.8 Å². The molecule has 4 nitrogen and oxygen atoms in total. The van der Waals surface area contributed by atoms with Gasteiger partial charge in [-0.15, -0.1) is 0 Å². The zero-order chi connectivity index (χ0) is 13.7. The third-order valence-corrected chi connectivity index (χ3v) is 2.78. The van der Waals surface area contributed by atoms with Crippen LogP contribution in [0.3, 0.4) is 0 Å². The van der Waals surface area contributed by atoms with Gasteiger partial charge in [-0.25, -0.2) is 0 Å². The Morgan fingerprint density at radius 1 is 1.11 bits per heavy atom. The second kappa shape index (κ2) is 6.02. The highest BCUT2D eigenvalue weighted by Gasteiger charge is 2.11. The van der Waals surface area contributed by atoms with Crippen LogP contribution in [0.15, 0.2) is 54.6 Å². The molecule has 0 aliphatic rings. The molecule has 0 saturated carbocycles. The van der Waals surface area contributed by atoms with Gasteiger partial charge in [-0.3, -0.25) is 4.79 Å². The summed E-state index contributed by atoms with van der Waals surface area (Å²) in [7, 11) is 0. The molecule has 4 N–H and O–H groups in total. The molecule has 0 bridgehead atoms. The van der Waals surface area contributed by atoms with Gasteiger partial charge in [-0.05, 0) is 29.8 Å². The molecule has 0 fully saturated rings. The van der Waals surface area contributed by atoms with Gasteiger partial charge in [0.1, 0.15) is 5.75 Å². The number of phenolic OH excluding ortho intramolecular Hbond substituents is 1. The van der Waals surface area contributed by atoms with Crippen LogP contribution in [-0.4, -0.2) is 11.0 Å². The maximum atomic E-state index is 11.8. The lowest BCUT2D eigenvalue weighted by Gasteiger charge is -2.12. The number of hydrogen-bond acceptors (Lipinski definition) is 3. The molecule has 0 heterocycles. The van der Waals surface area contributed by atoms with Gasteiger partial charge in [-0.1, -0.05) is 30.3 Å². The smallest absolute Gasteiger partial charge is 0.226 e. The molecule has 0 spiro atoms. The molecule has 2 aromatic carbocycles. The molecule has 4 heteroatoms. The van der Waals surface area contributed by atoms with Crippen LogP contribution in [0.5, 0.6) is 5.75 Å². The summed E-state index contributed by atoms with van der Waals surface area (Å²) >= 11 is 0. The number of rotatable bonds is 4. The minimum absolute atomic E-state index is 0.151. The minimum Gasteiger partial charge on any atom is -0.508 e. The molecule has 98 valence electrons. The molecular formula is C15H16N2O2. The van der Waals surface area contributed by atoms with Gasteiger partial charge < -0.3 is 16.2 Å². The van der Waals surface area contributed by atoms with E-state index in [1.807, 2.05) is 30.3 Å². The fourth-order valence-electron chi connectivity index (χ4n) is 1.77. The Hall–Kier alpha value is -2.33. The maximum absolute atomic E-state index is 11.8. The Bertz CT molecular complexity index is 538. The normalized spacial score (nSPS) is 11.8. The van der Waals surface area contributed by atoms with E-state index in [1.54, 1.807) is 12.1 Å². The monoisotopic (exact) mass is 256 g/mol. The Morgan fingerprint density at radius 2 is 1.74 bits per heavy atom. The van der Waals surface area contributed by atoms with Gasteiger partial charge in [0.25, 0.3) is 0 Å². The van der Waals surface area contributed by atoms with E-state index in [2.05, 4.69) is 5.32 Å². The summed E-state index contributed by atoms with van der Waals surface area (Å²) in [6.45, 7) is 0. The number of anilines is 1. The number of nitrogens with two attached hydrogens (primary N) is 1. The molecule has 1 amide bonds. The van der Waals surface area contributed by atoms with Crippen LogP contribution >= 0.6 is 0 Å². The topological polar surface area (TPSA) is 75.4 Å². The van der Waals surface area contributed by atoms with E-state index < -0.39 is 0 Å². The quantitative estimate of drug-likeness (QED) is 0.735. The van der Waals surface area contributed by atoms with Gasteiger partial charge in [0, 0.05) is 18.2 Å². The summed E-state index contributed by atoms with van der Waals surface area (Å²) in [4.78, 5) is 11.8. The first kappa shape index (κ1) is 13.1. The van der Waals surface area contributed by atoms with Crippen molar-refractivity contribution in [1.82, 2.24) is 0 Å². The predicted molar refractivity (Wildman–Crippen MR) is 74.7 cm³/mol. The van der Waals surface area contributed by atoms with Crippen molar-refractivity contribution in [1.29, 1.82) is 0 Å². The molecule has 19 heavy (non-hydrogen) atoms. The van der Waals surface area contributed by atoms with Gasteiger partial charge in [0.15, 0.2) is 0 Å². The number of benzene rings is 2. The molecule has 1 atom stereocenters. The van der Waals surface area contributed by atoms with Crippen LogP contribution in [0.25, 0.3) is 0 Å². The average Bonchev–Trinajstić information content (AvgIpc) is 2.42. The molecule has 2 aromatic rings. The largest absolute Gasteiger partial charge is 0.508 e. The number of carbonyl (C=O) groups excluding carboxylic acids is 1. The lowest BCUT2D eigenvalue weighted by atomic mass is 10.0. The van der Waals surface area contributed by atoms with Gasteiger partial charge in [0.05, 0.1) is 0 Å². The van der Waals surface area contributed by atoms with Gasteiger partial charge >= 0.3 is 0 Å². The SMILES string of the molecule is NC(CC(=O)Nc1ccc(O)cc1)c1ccccc1. The fraction of sp³-hybridized carbons (Fsp3) is 0.133. The summed E-state index contributed by atoms with van der Waals surface area (Å²) in [6, 6.07) is 15.5. The van der Waals surface area contributed by atoms with Crippen LogP contribution in [0, 0.1) is 0 Å². The van der Waals surface area contributed by atoms with E-state index in [0.717, 1.165) is 5.56 Å². The van der Waals surface area contributed by atoms with E-state index in [-0.39, 0.29) is 24.1 Å². The van der Waals surface area contributed by atoms with Crippen molar-refractivity contribution in [3.8, 4) is 5.75 Å². The first-order valence-corrected chi connectivity index (χ1v) is 6.04. The molecule has 2 rings (SSSR count). The number of carbonyl (C=O) groups is 1.